The minimum Gasteiger partial charge on any atom is -0.484 e. The lowest BCUT2D eigenvalue weighted by Gasteiger charge is -2.22. The molecule has 128 valence electrons. The van der Waals surface area contributed by atoms with Crippen molar-refractivity contribution in [1.82, 2.24) is 15.5 Å². The van der Waals surface area contributed by atoms with E-state index in [0.717, 1.165) is 24.8 Å². The zero-order chi connectivity index (χ0) is 16.8. The van der Waals surface area contributed by atoms with Crippen LogP contribution >= 0.6 is 0 Å². The van der Waals surface area contributed by atoms with Gasteiger partial charge in [0, 0.05) is 18.0 Å². The minimum atomic E-state index is -0.0598. The average molecular weight is 329 g/mol. The number of nitrogens with zero attached hydrogens (tertiary/aromatic N) is 2. The fourth-order valence-corrected chi connectivity index (χ4v) is 2.87. The normalized spacial score (nSPS) is 15.2. The topological polar surface area (TPSA) is 77.2 Å². The second-order valence-corrected chi connectivity index (χ2v) is 6.08. The second kappa shape index (κ2) is 7.95. The van der Waals surface area contributed by atoms with E-state index in [2.05, 4.69) is 15.5 Å². The Morgan fingerprint density at radius 1 is 1.25 bits per heavy atom. The summed E-state index contributed by atoms with van der Waals surface area (Å²) in [5, 5.41) is 6.92. The summed E-state index contributed by atoms with van der Waals surface area (Å²) in [6, 6.07) is 7.61. The Bertz CT molecular complexity index is 660. The second-order valence-electron chi connectivity index (χ2n) is 6.08. The first-order valence-corrected chi connectivity index (χ1v) is 8.60. The molecule has 0 aliphatic heterocycles. The average Bonchev–Trinajstić information content (AvgIpc) is 3.10. The van der Waals surface area contributed by atoms with Gasteiger partial charge in [-0.25, -0.2) is 0 Å². The summed E-state index contributed by atoms with van der Waals surface area (Å²) >= 11 is 0. The highest BCUT2D eigenvalue weighted by Crippen LogP contribution is 2.21. The molecule has 0 unspecified atom stereocenters. The van der Waals surface area contributed by atoms with E-state index in [-0.39, 0.29) is 12.5 Å². The van der Waals surface area contributed by atoms with E-state index in [1.165, 1.54) is 19.3 Å². The maximum absolute atomic E-state index is 11.9. The van der Waals surface area contributed by atoms with E-state index >= 15 is 0 Å². The van der Waals surface area contributed by atoms with Gasteiger partial charge in [0.15, 0.2) is 12.4 Å². The van der Waals surface area contributed by atoms with E-state index in [1.54, 1.807) is 12.1 Å². The van der Waals surface area contributed by atoms with Gasteiger partial charge in [-0.2, -0.15) is 4.98 Å². The van der Waals surface area contributed by atoms with E-state index < -0.39 is 0 Å². The Morgan fingerprint density at radius 3 is 2.67 bits per heavy atom. The molecule has 0 saturated heterocycles. The smallest absolute Gasteiger partial charge is 0.258 e. The van der Waals surface area contributed by atoms with Crippen LogP contribution in [-0.2, 0) is 11.2 Å². The van der Waals surface area contributed by atoms with Crippen molar-refractivity contribution in [3.05, 3.63) is 30.1 Å². The zero-order valence-electron chi connectivity index (χ0n) is 14.0. The maximum atomic E-state index is 11.9. The number of carbonyl (C=O) groups is 1. The summed E-state index contributed by atoms with van der Waals surface area (Å²) in [6.45, 7) is 2.01. The van der Waals surface area contributed by atoms with Crippen molar-refractivity contribution < 1.29 is 14.1 Å². The van der Waals surface area contributed by atoms with Crippen LogP contribution in [0.1, 0.15) is 44.9 Å². The standard InChI is InChI=1S/C18H23N3O3/c1-2-16-20-18(24-21-16)13-8-10-15(11-9-13)23-12-17(22)19-14-6-4-3-5-7-14/h8-11,14H,2-7,12H2,1H3,(H,19,22). The SMILES string of the molecule is CCc1noc(-c2ccc(OCC(=O)NC3CCCCC3)cc2)n1. The van der Waals surface area contributed by atoms with Crippen LogP contribution in [-0.4, -0.2) is 28.7 Å². The summed E-state index contributed by atoms with van der Waals surface area (Å²) < 4.78 is 10.7. The number of aromatic nitrogens is 2. The molecule has 1 fully saturated rings. The Hall–Kier alpha value is -2.37. The van der Waals surface area contributed by atoms with Gasteiger partial charge in [0.1, 0.15) is 5.75 Å². The van der Waals surface area contributed by atoms with Gasteiger partial charge in [0.05, 0.1) is 0 Å². The maximum Gasteiger partial charge on any atom is 0.258 e. The first-order valence-electron chi connectivity index (χ1n) is 8.60. The first-order chi connectivity index (χ1) is 11.7. The largest absolute Gasteiger partial charge is 0.484 e. The Balaban J connectivity index is 1.49. The van der Waals surface area contributed by atoms with Crippen molar-refractivity contribution in [3.8, 4) is 17.2 Å². The van der Waals surface area contributed by atoms with Crippen molar-refractivity contribution in [2.24, 2.45) is 0 Å². The molecule has 1 heterocycles. The zero-order valence-corrected chi connectivity index (χ0v) is 14.0. The lowest BCUT2D eigenvalue weighted by atomic mass is 9.95. The van der Waals surface area contributed by atoms with Gasteiger partial charge >= 0.3 is 0 Å². The number of aryl methyl sites for hydroxylation is 1. The summed E-state index contributed by atoms with van der Waals surface area (Å²) in [4.78, 5) is 16.2. The predicted octanol–water partition coefficient (Wildman–Crippen LogP) is 3.13. The summed E-state index contributed by atoms with van der Waals surface area (Å²) in [5.74, 6) is 1.77. The number of amides is 1. The molecule has 6 heteroatoms. The number of nitrogens with one attached hydrogen (secondary N) is 1. The van der Waals surface area contributed by atoms with Gasteiger partial charge in [-0.1, -0.05) is 31.3 Å². The summed E-state index contributed by atoms with van der Waals surface area (Å²) in [7, 11) is 0. The van der Waals surface area contributed by atoms with Crippen molar-refractivity contribution >= 4 is 5.91 Å². The van der Waals surface area contributed by atoms with Crippen LogP contribution in [0.3, 0.4) is 0 Å². The molecule has 0 bridgehead atoms. The number of ether oxygens (including phenoxy) is 1. The van der Waals surface area contributed by atoms with Crippen LogP contribution in [0.15, 0.2) is 28.8 Å². The van der Waals surface area contributed by atoms with E-state index in [9.17, 15) is 4.79 Å². The van der Waals surface area contributed by atoms with Gasteiger partial charge in [0.2, 0.25) is 0 Å². The molecule has 1 aliphatic carbocycles. The predicted molar refractivity (Wildman–Crippen MR) is 89.6 cm³/mol. The van der Waals surface area contributed by atoms with Crippen LogP contribution < -0.4 is 10.1 Å². The molecule has 0 spiro atoms. The van der Waals surface area contributed by atoms with Gasteiger partial charge in [-0.05, 0) is 37.1 Å². The van der Waals surface area contributed by atoms with Crippen LogP contribution in [0.5, 0.6) is 5.75 Å². The van der Waals surface area contributed by atoms with E-state index in [4.69, 9.17) is 9.26 Å². The van der Waals surface area contributed by atoms with Crippen LogP contribution in [0.25, 0.3) is 11.5 Å². The lowest BCUT2D eigenvalue weighted by Crippen LogP contribution is -2.38. The molecule has 0 radical (unpaired) electrons. The van der Waals surface area contributed by atoms with E-state index in [1.807, 2.05) is 19.1 Å². The molecule has 1 N–H and O–H groups in total. The van der Waals surface area contributed by atoms with Crippen LogP contribution in [0.4, 0.5) is 0 Å². The molecular formula is C18H23N3O3. The Labute approximate surface area is 141 Å². The summed E-state index contributed by atoms with van der Waals surface area (Å²) in [6.07, 6.45) is 6.55. The number of rotatable bonds is 6. The fraction of sp³-hybridized carbons (Fsp3) is 0.500. The molecule has 6 nitrogen and oxygen atoms in total. The quantitative estimate of drug-likeness (QED) is 0.881. The third-order valence-corrected chi connectivity index (χ3v) is 4.23. The lowest BCUT2D eigenvalue weighted by molar-refractivity contribution is -0.124. The Morgan fingerprint density at radius 2 is 2.00 bits per heavy atom. The third-order valence-electron chi connectivity index (χ3n) is 4.23. The van der Waals surface area contributed by atoms with Crippen molar-refractivity contribution in [1.29, 1.82) is 0 Å². The van der Waals surface area contributed by atoms with Gasteiger partial charge in [-0.15, -0.1) is 0 Å². The Kier molecular flexibility index (Phi) is 5.46. The monoisotopic (exact) mass is 329 g/mol. The fourth-order valence-electron chi connectivity index (χ4n) is 2.87. The van der Waals surface area contributed by atoms with Gasteiger partial charge in [0.25, 0.3) is 11.8 Å². The molecule has 24 heavy (non-hydrogen) atoms. The highest BCUT2D eigenvalue weighted by atomic mass is 16.5. The van der Waals surface area contributed by atoms with Gasteiger partial charge in [-0.3, -0.25) is 4.79 Å². The summed E-state index contributed by atoms with van der Waals surface area (Å²) in [5.41, 5.74) is 0.834. The van der Waals surface area contributed by atoms with Crippen LogP contribution in [0.2, 0.25) is 0 Å². The highest BCUT2D eigenvalue weighted by Gasteiger charge is 2.16. The molecule has 1 aliphatic rings. The molecule has 3 rings (SSSR count). The molecule has 1 aromatic heterocycles. The van der Waals surface area contributed by atoms with Crippen LogP contribution in [0, 0.1) is 0 Å². The molecule has 1 amide bonds. The third kappa shape index (κ3) is 4.34. The number of carbonyl (C=O) groups excluding carboxylic acids is 1. The van der Waals surface area contributed by atoms with Gasteiger partial charge < -0.3 is 14.6 Å². The molecule has 1 aromatic carbocycles. The highest BCUT2D eigenvalue weighted by molar-refractivity contribution is 5.77. The van der Waals surface area contributed by atoms with Crippen molar-refractivity contribution in [2.75, 3.05) is 6.61 Å². The number of benzene rings is 1. The van der Waals surface area contributed by atoms with E-state index in [0.29, 0.717) is 23.5 Å². The first kappa shape index (κ1) is 16.5. The number of hydrogen-bond acceptors (Lipinski definition) is 5. The van der Waals surface area contributed by atoms with Crippen molar-refractivity contribution in [3.63, 3.8) is 0 Å². The molecule has 1 saturated carbocycles. The molecule has 0 atom stereocenters. The number of hydrogen-bond donors (Lipinski definition) is 1. The van der Waals surface area contributed by atoms with Crippen molar-refractivity contribution in [2.45, 2.75) is 51.5 Å². The minimum absolute atomic E-state index is 0.0381. The molecular weight excluding hydrogens is 306 g/mol. The molecule has 2 aromatic rings.